The summed E-state index contributed by atoms with van der Waals surface area (Å²) in [4.78, 5) is 4.21. The van der Waals surface area contributed by atoms with Gasteiger partial charge in [-0.3, -0.25) is 16.3 Å². The zero-order valence-corrected chi connectivity index (χ0v) is 10.4. The van der Waals surface area contributed by atoms with Gasteiger partial charge in [0.2, 0.25) is 0 Å². The highest BCUT2D eigenvalue weighted by Gasteiger charge is 2.16. The summed E-state index contributed by atoms with van der Waals surface area (Å²) in [6.07, 6.45) is 2.25. The van der Waals surface area contributed by atoms with Crippen LogP contribution in [0.5, 0.6) is 0 Å². The first-order valence-electron chi connectivity index (χ1n) is 5.52. The van der Waals surface area contributed by atoms with Crippen molar-refractivity contribution in [3.8, 4) is 0 Å². The van der Waals surface area contributed by atoms with E-state index in [1.165, 1.54) is 6.07 Å². The Hall–Kier alpha value is -1.49. The van der Waals surface area contributed by atoms with E-state index in [4.69, 9.17) is 17.4 Å². The monoisotopic (exact) mass is 265 g/mol. The van der Waals surface area contributed by atoms with Crippen LogP contribution in [0.15, 0.2) is 42.6 Å². The lowest BCUT2D eigenvalue weighted by atomic mass is 10.0. The molecule has 0 fully saturated rings. The van der Waals surface area contributed by atoms with Crippen LogP contribution in [-0.4, -0.2) is 4.98 Å². The number of nitrogens with one attached hydrogen (secondary N) is 1. The fourth-order valence-corrected chi connectivity index (χ4v) is 2.03. The first-order valence-corrected chi connectivity index (χ1v) is 5.90. The van der Waals surface area contributed by atoms with Crippen LogP contribution in [0.4, 0.5) is 4.39 Å². The van der Waals surface area contributed by atoms with Crippen molar-refractivity contribution in [1.29, 1.82) is 0 Å². The van der Waals surface area contributed by atoms with Gasteiger partial charge >= 0.3 is 0 Å². The zero-order chi connectivity index (χ0) is 13.0. The summed E-state index contributed by atoms with van der Waals surface area (Å²) >= 11 is 5.94. The van der Waals surface area contributed by atoms with Crippen LogP contribution in [0.3, 0.4) is 0 Å². The molecule has 0 spiro atoms. The number of rotatable bonds is 4. The van der Waals surface area contributed by atoms with E-state index in [0.717, 1.165) is 5.69 Å². The fraction of sp³-hybridized carbons (Fsp3) is 0.154. The van der Waals surface area contributed by atoms with Crippen LogP contribution in [0, 0.1) is 5.82 Å². The zero-order valence-electron chi connectivity index (χ0n) is 9.61. The van der Waals surface area contributed by atoms with Gasteiger partial charge < -0.3 is 0 Å². The molecule has 18 heavy (non-hydrogen) atoms. The van der Waals surface area contributed by atoms with Gasteiger partial charge in [0.15, 0.2) is 0 Å². The van der Waals surface area contributed by atoms with Crippen LogP contribution < -0.4 is 11.3 Å². The SMILES string of the molecule is NNC(Cc1ccccn1)c1cccc(F)c1Cl. The summed E-state index contributed by atoms with van der Waals surface area (Å²) < 4.78 is 13.4. The Morgan fingerprint density at radius 3 is 2.78 bits per heavy atom. The molecule has 3 N–H and O–H groups in total. The van der Waals surface area contributed by atoms with Gasteiger partial charge in [-0.25, -0.2) is 4.39 Å². The van der Waals surface area contributed by atoms with E-state index in [0.29, 0.717) is 12.0 Å². The van der Waals surface area contributed by atoms with Crippen LogP contribution in [0.1, 0.15) is 17.3 Å². The minimum atomic E-state index is -0.449. The van der Waals surface area contributed by atoms with E-state index in [-0.39, 0.29) is 11.1 Å². The van der Waals surface area contributed by atoms with Crippen LogP contribution in [-0.2, 0) is 6.42 Å². The van der Waals surface area contributed by atoms with Crippen molar-refractivity contribution in [1.82, 2.24) is 10.4 Å². The summed E-state index contributed by atoms with van der Waals surface area (Å²) in [6, 6.07) is 10.0. The first-order chi connectivity index (χ1) is 8.72. The molecule has 1 heterocycles. The summed E-state index contributed by atoms with van der Waals surface area (Å²) in [5.41, 5.74) is 4.14. The second kappa shape index (κ2) is 5.91. The standard InChI is InChI=1S/C13H13ClFN3/c14-13-10(5-3-6-11(13)15)12(18-16)8-9-4-1-2-7-17-9/h1-7,12,18H,8,16H2. The van der Waals surface area contributed by atoms with E-state index in [9.17, 15) is 4.39 Å². The van der Waals surface area contributed by atoms with Crippen molar-refractivity contribution in [3.05, 3.63) is 64.7 Å². The molecule has 1 atom stereocenters. The molecule has 3 nitrogen and oxygen atoms in total. The Morgan fingerprint density at radius 1 is 1.28 bits per heavy atom. The van der Waals surface area contributed by atoms with Crippen molar-refractivity contribution in [2.75, 3.05) is 0 Å². The smallest absolute Gasteiger partial charge is 0.142 e. The van der Waals surface area contributed by atoms with Gasteiger partial charge in [0.05, 0.1) is 11.1 Å². The third kappa shape index (κ3) is 2.85. The van der Waals surface area contributed by atoms with Crippen LogP contribution in [0.2, 0.25) is 5.02 Å². The molecule has 2 rings (SSSR count). The predicted molar refractivity (Wildman–Crippen MR) is 69.4 cm³/mol. The maximum atomic E-state index is 13.4. The minimum absolute atomic E-state index is 0.0939. The summed E-state index contributed by atoms with van der Waals surface area (Å²) in [7, 11) is 0. The molecule has 0 amide bonds. The molecule has 0 aliphatic heterocycles. The first kappa shape index (κ1) is 13.0. The molecule has 0 aliphatic rings. The van der Waals surface area contributed by atoms with E-state index in [1.54, 1.807) is 18.3 Å². The molecule has 5 heteroatoms. The molecular weight excluding hydrogens is 253 g/mol. The third-order valence-corrected chi connectivity index (χ3v) is 3.10. The lowest BCUT2D eigenvalue weighted by molar-refractivity contribution is 0.539. The Labute approximate surface area is 110 Å². The molecule has 0 aliphatic carbocycles. The number of aromatic nitrogens is 1. The number of halogens is 2. The van der Waals surface area contributed by atoms with Crippen LogP contribution >= 0.6 is 11.6 Å². The lowest BCUT2D eigenvalue weighted by Gasteiger charge is -2.17. The lowest BCUT2D eigenvalue weighted by Crippen LogP contribution is -2.30. The number of pyridine rings is 1. The predicted octanol–water partition coefficient (Wildman–Crippen LogP) is 2.62. The molecule has 0 radical (unpaired) electrons. The van der Waals surface area contributed by atoms with E-state index < -0.39 is 5.82 Å². The molecule has 94 valence electrons. The number of nitrogens with two attached hydrogens (primary N) is 1. The third-order valence-electron chi connectivity index (χ3n) is 2.70. The van der Waals surface area contributed by atoms with Crippen LogP contribution in [0.25, 0.3) is 0 Å². The van der Waals surface area contributed by atoms with Gasteiger partial charge in [-0.05, 0) is 23.8 Å². The summed E-state index contributed by atoms with van der Waals surface area (Å²) in [5, 5.41) is 0.0939. The summed E-state index contributed by atoms with van der Waals surface area (Å²) in [6.45, 7) is 0. The molecule has 0 saturated carbocycles. The molecule has 0 saturated heterocycles. The average molecular weight is 266 g/mol. The minimum Gasteiger partial charge on any atom is -0.271 e. The Kier molecular flexibility index (Phi) is 4.25. The van der Waals surface area contributed by atoms with Crippen molar-refractivity contribution in [2.45, 2.75) is 12.5 Å². The number of hydrazine groups is 1. The maximum absolute atomic E-state index is 13.4. The Morgan fingerprint density at radius 2 is 2.11 bits per heavy atom. The van der Waals surface area contributed by atoms with Gasteiger partial charge in [0.1, 0.15) is 5.82 Å². The van der Waals surface area contributed by atoms with Gasteiger partial charge in [-0.15, -0.1) is 0 Å². The van der Waals surface area contributed by atoms with E-state index >= 15 is 0 Å². The average Bonchev–Trinajstić information content (AvgIpc) is 2.41. The molecule has 0 bridgehead atoms. The maximum Gasteiger partial charge on any atom is 0.142 e. The van der Waals surface area contributed by atoms with Crippen molar-refractivity contribution in [2.24, 2.45) is 5.84 Å². The molecule has 1 aromatic heterocycles. The van der Waals surface area contributed by atoms with Crippen molar-refractivity contribution in [3.63, 3.8) is 0 Å². The van der Waals surface area contributed by atoms with Crippen molar-refractivity contribution < 1.29 is 4.39 Å². The van der Waals surface area contributed by atoms with Gasteiger partial charge in [-0.2, -0.15) is 0 Å². The second-order valence-electron chi connectivity index (χ2n) is 3.89. The van der Waals surface area contributed by atoms with Gasteiger partial charge in [-0.1, -0.05) is 29.8 Å². The number of nitrogens with zero attached hydrogens (tertiary/aromatic N) is 1. The second-order valence-corrected chi connectivity index (χ2v) is 4.27. The van der Waals surface area contributed by atoms with Crippen molar-refractivity contribution >= 4 is 11.6 Å². The molecule has 2 aromatic rings. The van der Waals surface area contributed by atoms with E-state index in [2.05, 4.69) is 10.4 Å². The highest BCUT2D eigenvalue weighted by Crippen LogP contribution is 2.27. The molecule has 1 aromatic carbocycles. The Balaban J connectivity index is 2.26. The number of hydrogen-bond acceptors (Lipinski definition) is 3. The number of hydrogen-bond donors (Lipinski definition) is 2. The highest BCUT2D eigenvalue weighted by molar-refractivity contribution is 6.31. The van der Waals surface area contributed by atoms with E-state index in [1.807, 2.05) is 18.2 Å². The van der Waals surface area contributed by atoms with Gasteiger partial charge in [0, 0.05) is 18.3 Å². The largest absolute Gasteiger partial charge is 0.271 e. The quantitative estimate of drug-likeness (QED) is 0.660. The van der Waals surface area contributed by atoms with Gasteiger partial charge in [0.25, 0.3) is 0 Å². The number of benzene rings is 1. The topological polar surface area (TPSA) is 50.9 Å². The highest BCUT2D eigenvalue weighted by atomic mass is 35.5. The molecule has 1 unspecified atom stereocenters. The summed E-state index contributed by atoms with van der Waals surface area (Å²) in [5.74, 6) is 5.06. The Bertz CT molecular complexity index is 519. The fourth-order valence-electron chi connectivity index (χ4n) is 1.78. The normalized spacial score (nSPS) is 12.4. The molecular formula is C13H13ClFN3.